The number of carbonyl (C=O) groups is 3. The Kier molecular flexibility index (Phi) is 5.98. The second-order valence-corrected chi connectivity index (χ2v) is 6.07. The number of amides is 4. The molecule has 0 unspecified atom stereocenters. The number of benzene rings is 1. The zero-order chi connectivity index (χ0) is 19.1. The summed E-state index contributed by atoms with van der Waals surface area (Å²) < 4.78 is 5.76. The molecule has 0 radical (unpaired) electrons. The van der Waals surface area contributed by atoms with Crippen LogP contribution in [0.25, 0.3) is 0 Å². The van der Waals surface area contributed by atoms with Crippen LogP contribution in [0, 0.1) is 0 Å². The van der Waals surface area contributed by atoms with Crippen LogP contribution in [0.1, 0.15) is 24.0 Å². The van der Waals surface area contributed by atoms with Crippen LogP contribution in [0.5, 0.6) is 5.88 Å². The summed E-state index contributed by atoms with van der Waals surface area (Å²) in [5.74, 6) is -0.164. The summed E-state index contributed by atoms with van der Waals surface area (Å²) in [5.41, 5.74) is 1.78. The standard InChI is InChI=1S/C19H20N4O4/c24-16(9-8-15-17(25)23-19(26)22-15)21-11-14-7-4-10-20-18(14)27-12-13-5-2-1-3-6-13/h1-7,10,15H,8-9,11-12H2,(H,21,24)(H2,22,23,25,26)/t15-/m1/s1. The molecular formula is C19H20N4O4. The highest BCUT2D eigenvalue weighted by Crippen LogP contribution is 2.16. The second kappa shape index (κ2) is 8.79. The first-order valence-corrected chi connectivity index (χ1v) is 8.60. The summed E-state index contributed by atoms with van der Waals surface area (Å²) >= 11 is 0. The van der Waals surface area contributed by atoms with E-state index in [2.05, 4.69) is 20.9 Å². The smallest absolute Gasteiger partial charge is 0.322 e. The number of hydrogen-bond donors (Lipinski definition) is 3. The first kappa shape index (κ1) is 18.4. The Bertz CT molecular complexity index is 825. The molecule has 0 spiro atoms. The number of aromatic nitrogens is 1. The predicted molar refractivity (Wildman–Crippen MR) is 96.6 cm³/mol. The Morgan fingerprint density at radius 3 is 2.70 bits per heavy atom. The maximum absolute atomic E-state index is 12.0. The third-order valence-corrected chi connectivity index (χ3v) is 4.06. The van der Waals surface area contributed by atoms with Crippen molar-refractivity contribution in [3.8, 4) is 5.88 Å². The van der Waals surface area contributed by atoms with Crippen molar-refractivity contribution in [3.05, 3.63) is 59.8 Å². The van der Waals surface area contributed by atoms with Crippen LogP contribution in [0.4, 0.5) is 4.79 Å². The molecule has 1 aliphatic rings. The Labute approximate surface area is 156 Å². The molecule has 0 saturated carbocycles. The molecule has 1 aliphatic heterocycles. The minimum Gasteiger partial charge on any atom is -0.473 e. The maximum atomic E-state index is 12.0. The van der Waals surface area contributed by atoms with E-state index in [0.29, 0.717) is 12.5 Å². The number of rotatable bonds is 8. The van der Waals surface area contributed by atoms with E-state index in [1.165, 1.54) is 0 Å². The number of imide groups is 1. The summed E-state index contributed by atoms with van der Waals surface area (Å²) in [7, 11) is 0. The minimum atomic E-state index is -0.661. The highest BCUT2D eigenvalue weighted by Gasteiger charge is 2.29. The lowest BCUT2D eigenvalue weighted by atomic mass is 10.1. The topological polar surface area (TPSA) is 109 Å². The molecule has 27 heavy (non-hydrogen) atoms. The first-order chi connectivity index (χ1) is 13.1. The van der Waals surface area contributed by atoms with Gasteiger partial charge in [-0.05, 0) is 18.1 Å². The first-order valence-electron chi connectivity index (χ1n) is 8.60. The van der Waals surface area contributed by atoms with Gasteiger partial charge in [-0.1, -0.05) is 36.4 Å². The van der Waals surface area contributed by atoms with Crippen LogP contribution in [0.2, 0.25) is 0 Å². The van der Waals surface area contributed by atoms with Crippen LogP contribution in [-0.2, 0) is 22.7 Å². The van der Waals surface area contributed by atoms with E-state index in [-0.39, 0.29) is 25.3 Å². The highest BCUT2D eigenvalue weighted by molar-refractivity contribution is 6.04. The molecule has 0 bridgehead atoms. The highest BCUT2D eigenvalue weighted by atomic mass is 16.5. The molecule has 1 fully saturated rings. The zero-order valence-corrected chi connectivity index (χ0v) is 14.6. The number of pyridine rings is 1. The van der Waals surface area contributed by atoms with Gasteiger partial charge in [-0.25, -0.2) is 9.78 Å². The Hall–Kier alpha value is -3.42. The fraction of sp³-hybridized carbons (Fsp3) is 0.263. The number of carbonyl (C=O) groups excluding carboxylic acids is 3. The zero-order valence-electron chi connectivity index (χ0n) is 14.6. The third kappa shape index (κ3) is 5.27. The molecule has 1 atom stereocenters. The lowest BCUT2D eigenvalue weighted by molar-refractivity contribution is -0.122. The molecule has 2 heterocycles. The monoisotopic (exact) mass is 368 g/mol. The molecule has 3 N–H and O–H groups in total. The van der Waals surface area contributed by atoms with Gasteiger partial charge < -0.3 is 15.4 Å². The van der Waals surface area contributed by atoms with Gasteiger partial charge in [0.1, 0.15) is 12.6 Å². The van der Waals surface area contributed by atoms with Crippen LogP contribution < -0.4 is 20.7 Å². The molecule has 8 heteroatoms. The predicted octanol–water partition coefficient (Wildman–Crippen LogP) is 1.27. The SMILES string of the molecule is O=C(CC[C@H]1NC(=O)NC1=O)NCc1cccnc1OCc1ccccc1. The van der Waals surface area contributed by atoms with Gasteiger partial charge in [0.25, 0.3) is 5.91 Å². The van der Waals surface area contributed by atoms with E-state index in [1.807, 2.05) is 36.4 Å². The van der Waals surface area contributed by atoms with E-state index in [0.717, 1.165) is 11.1 Å². The van der Waals surface area contributed by atoms with Crippen molar-refractivity contribution in [1.29, 1.82) is 0 Å². The van der Waals surface area contributed by atoms with Gasteiger partial charge in [0.15, 0.2) is 0 Å². The second-order valence-electron chi connectivity index (χ2n) is 6.07. The van der Waals surface area contributed by atoms with Gasteiger partial charge in [0.2, 0.25) is 11.8 Å². The lowest BCUT2D eigenvalue weighted by Gasteiger charge is -2.12. The van der Waals surface area contributed by atoms with Crippen molar-refractivity contribution in [2.75, 3.05) is 0 Å². The van der Waals surface area contributed by atoms with E-state index in [9.17, 15) is 14.4 Å². The maximum Gasteiger partial charge on any atom is 0.322 e. The van der Waals surface area contributed by atoms with E-state index in [1.54, 1.807) is 12.3 Å². The summed E-state index contributed by atoms with van der Waals surface area (Å²) in [4.78, 5) is 38.8. The van der Waals surface area contributed by atoms with Gasteiger partial charge in [-0.15, -0.1) is 0 Å². The number of nitrogens with one attached hydrogen (secondary N) is 3. The van der Waals surface area contributed by atoms with Gasteiger partial charge in [0, 0.05) is 24.7 Å². The Morgan fingerprint density at radius 1 is 1.15 bits per heavy atom. The van der Waals surface area contributed by atoms with Gasteiger partial charge in [0.05, 0.1) is 0 Å². The van der Waals surface area contributed by atoms with E-state index >= 15 is 0 Å². The van der Waals surface area contributed by atoms with Crippen LogP contribution in [0.3, 0.4) is 0 Å². The third-order valence-electron chi connectivity index (χ3n) is 4.06. The summed E-state index contributed by atoms with van der Waals surface area (Å²) in [6, 6.07) is 12.1. The van der Waals surface area contributed by atoms with E-state index in [4.69, 9.17) is 4.74 Å². The molecule has 3 rings (SSSR count). The summed E-state index contributed by atoms with van der Waals surface area (Å²) in [5, 5.41) is 7.39. The molecule has 0 aliphatic carbocycles. The van der Waals surface area contributed by atoms with Crippen LogP contribution in [0.15, 0.2) is 48.7 Å². The summed E-state index contributed by atoms with van der Waals surface area (Å²) in [6.45, 7) is 0.648. The minimum absolute atomic E-state index is 0.124. The average molecular weight is 368 g/mol. The Balaban J connectivity index is 1.48. The molecule has 1 aromatic heterocycles. The number of urea groups is 1. The number of nitrogens with zero attached hydrogens (tertiary/aromatic N) is 1. The molecule has 8 nitrogen and oxygen atoms in total. The van der Waals surface area contributed by atoms with Gasteiger partial charge in [-0.2, -0.15) is 0 Å². The largest absolute Gasteiger partial charge is 0.473 e. The molecule has 140 valence electrons. The quantitative estimate of drug-likeness (QED) is 0.608. The van der Waals surface area contributed by atoms with Crippen molar-refractivity contribution >= 4 is 17.8 Å². The van der Waals surface area contributed by atoms with Gasteiger partial charge >= 0.3 is 6.03 Å². The molecule has 1 saturated heterocycles. The lowest BCUT2D eigenvalue weighted by Crippen LogP contribution is -2.31. The number of ether oxygens (including phenoxy) is 1. The molecular weight excluding hydrogens is 348 g/mol. The fourth-order valence-electron chi connectivity index (χ4n) is 2.63. The van der Waals surface area contributed by atoms with Crippen molar-refractivity contribution in [3.63, 3.8) is 0 Å². The van der Waals surface area contributed by atoms with Crippen molar-refractivity contribution in [1.82, 2.24) is 20.9 Å². The fourth-order valence-corrected chi connectivity index (χ4v) is 2.63. The van der Waals surface area contributed by atoms with E-state index < -0.39 is 18.0 Å². The van der Waals surface area contributed by atoms with Crippen molar-refractivity contribution in [2.24, 2.45) is 0 Å². The molecule has 4 amide bonds. The normalized spacial score (nSPS) is 15.8. The van der Waals surface area contributed by atoms with Crippen molar-refractivity contribution in [2.45, 2.75) is 32.0 Å². The average Bonchev–Trinajstić information content (AvgIpc) is 3.01. The summed E-state index contributed by atoms with van der Waals surface area (Å²) in [6.07, 6.45) is 2.00. The number of hydrogen-bond acceptors (Lipinski definition) is 5. The van der Waals surface area contributed by atoms with Crippen LogP contribution >= 0.6 is 0 Å². The van der Waals surface area contributed by atoms with Gasteiger partial charge in [-0.3, -0.25) is 14.9 Å². The Morgan fingerprint density at radius 2 is 1.96 bits per heavy atom. The van der Waals surface area contributed by atoms with Crippen molar-refractivity contribution < 1.29 is 19.1 Å². The molecule has 2 aromatic rings. The van der Waals surface area contributed by atoms with Crippen LogP contribution in [-0.4, -0.2) is 28.9 Å². The molecule has 1 aromatic carbocycles.